The van der Waals surface area contributed by atoms with Crippen LogP contribution >= 0.6 is 0 Å². The van der Waals surface area contributed by atoms with Gasteiger partial charge in [-0.05, 0) is 44.6 Å². The summed E-state index contributed by atoms with van der Waals surface area (Å²) in [5, 5.41) is 9.02. The van der Waals surface area contributed by atoms with Gasteiger partial charge in [0.1, 0.15) is 6.10 Å². The average molecular weight is 265 g/mol. The van der Waals surface area contributed by atoms with Crippen molar-refractivity contribution in [2.75, 3.05) is 27.2 Å². The van der Waals surface area contributed by atoms with Crippen LogP contribution in [0.25, 0.3) is 0 Å². The number of methoxy groups -OCH3 is 1. The highest BCUT2D eigenvalue weighted by Gasteiger charge is 2.20. The number of carboxylic acids is 1. The highest BCUT2D eigenvalue weighted by Crippen LogP contribution is 2.30. The molecule has 0 aromatic heterocycles. The Morgan fingerprint density at radius 2 is 2.21 bits per heavy atom. The average Bonchev–Trinajstić information content (AvgIpc) is 2.38. The zero-order valence-corrected chi connectivity index (χ0v) is 11.3. The summed E-state index contributed by atoms with van der Waals surface area (Å²) in [6, 6.07) is 4.67. The quantitative estimate of drug-likeness (QED) is 0.900. The molecule has 1 N–H and O–H groups in total. The highest BCUT2D eigenvalue weighted by molar-refractivity contribution is 5.88. The Bertz CT molecular complexity index is 461. The molecule has 1 atom stereocenters. The largest absolute Gasteiger partial charge is 0.493 e. The van der Waals surface area contributed by atoms with Gasteiger partial charge in [0.2, 0.25) is 0 Å². The molecule has 1 aromatic rings. The van der Waals surface area contributed by atoms with Crippen molar-refractivity contribution in [3.63, 3.8) is 0 Å². The van der Waals surface area contributed by atoms with Gasteiger partial charge in [0.25, 0.3) is 0 Å². The van der Waals surface area contributed by atoms with Crippen molar-refractivity contribution < 1.29 is 19.4 Å². The van der Waals surface area contributed by atoms with Crippen LogP contribution in [0.4, 0.5) is 0 Å². The van der Waals surface area contributed by atoms with Crippen molar-refractivity contribution in [2.45, 2.75) is 18.9 Å². The summed E-state index contributed by atoms with van der Waals surface area (Å²) in [6.45, 7) is 1.92. The van der Waals surface area contributed by atoms with Gasteiger partial charge >= 0.3 is 5.97 Å². The number of hydrogen-bond donors (Lipinski definition) is 1. The third-order valence-electron chi connectivity index (χ3n) is 3.29. The fourth-order valence-corrected chi connectivity index (χ4v) is 2.30. The second-order valence-electron chi connectivity index (χ2n) is 4.82. The number of benzene rings is 1. The number of ether oxygens (including phenoxy) is 2. The number of hydrogen-bond acceptors (Lipinski definition) is 4. The highest BCUT2D eigenvalue weighted by atomic mass is 16.5. The lowest BCUT2D eigenvalue weighted by Gasteiger charge is -2.30. The first kappa shape index (κ1) is 13.7. The van der Waals surface area contributed by atoms with Crippen molar-refractivity contribution >= 4 is 5.97 Å². The third-order valence-corrected chi connectivity index (χ3v) is 3.29. The first-order valence-electron chi connectivity index (χ1n) is 6.36. The Balaban J connectivity index is 2.17. The number of piperidine rings is 1. The first-order valence-corrected chi connectivity index (χ1v) is 6.36. The molecule has 1 aliphatic heterocycles. The second kappa shape index (κ2) is 5.93. The zero-order valence-electron chi connectivity index (χ0n) is 11.3. The summed E-state index contributed by atoms with van der Waals surface area (Å²) in [6.07, 6.45) is 2.14. The van der Waals surface area contributed by atoms with Gasteiger partial charge < -0.3 is 19.5 Å². The van der Waals surface area contributed by atoms with Gasteiger partial charge in [0.15, 0.2) is 11.5 Å². The molecule has 0 spiro atoms. The van der Waals surface area contributed by atoms with E-state index in [2.05, 4.69) is 11.9 Å². The van der Waals surface area contributed by atoms with Crippen molar-refractivity contribution in [3.8, 4) is 11.5 Å². The minimum Gasteiger partial charge on any atom is -0.493 e. The maximum Gasteiger partial charge on any atom is 0.335 e. The van der Waals surface area contributed by atoms with E-state index in [1.54, 1.807) is 13.2 Å². The van der Waals surface area contributed by atoms with E-state index in [1.807, 2.05) is 0 Å². The first-order chi connectivity index (χ1) is 9.10. The maximum atomic E-state index is 11.0. The number of likely N-dealkylation sites (N-methyl/N-ethyl adjacent to an activating group) is 1. The molecule has 19 heavy (non-hydrogen) atoms. The Morgan fingerprint density at radius 3 is 2.84 bits per heavy atom. The normalized spacial score (nSPS) is 20.0. The molecule has 1 aromatic carbocycles. The van der Waals surface area contributed by atoms with Gasteiger partial charge in [-0.25, -0.2) is 4.79 Å². The van der Waals surface area contributed by atoms with Gasteiger partial charge in [-0.2, -0.15) is 0 Å². The summed E-state index contributed by atoms with van der Waals surface area (Å²) in [4.78, 5) is 13.2. The van der Waals surface area contributed by atoms with E-state index in [0.29, 0.717) is 11.5 Å². The number of likely N-dealkylation sites (tertiary alicyclic amines) is 1. The van der Waals surface area contributed by atoms with E-state index in [0.717, 1.165) is 25.9 Å². The van der Waals surface area contributed by atoms with Crippen molar-refractivity contribution in [3.05, 3.63) is 23.8 Å². The topological polar surface area (TPSA) is 59.0 Å². The number of rotatable bonds is 4. The van der Waals surface area contributed by atoms with E-state index in [9.17, 15) is 4.79 Å². The Kier molecular flexibility index (Phi) is 4.27. The molecule has 1 fully saturated rings. The minimum absolute atomic E-state index is 0.0803. The molecule has 1 aliphatic rings. The molecule has 2 rings (SSSR count). The Hall–Kier alpha value is -1.75. The molecule has 0 saturated carbocycles. The van der Waals surface area contributed by atoms with Gasteiger partial charge in [-0.15, -0.1) is 0 Å². The number of nitrogens with zero attached hydrogens (tertiary/aromatic N) is 1. The molecule has 104 valence electrons. The molecule has 5 heteroatoms. The van der Waals surface area contributed by atoms with E-state index in [-0.39, 0.29) is 11.7 Å². The molecule has 1 unspecified atom stereocenters. The molecule has 1 saturated heterocycles. The lowest BCUT2D eigenvalue weighted by atomic mass is 10.1. The molecule has 0 aliphatic carbocycles. The van der Waals surface area contributed by atoms with Gasteiger partial charge in [-0.1, -0.05) is 0 Å². The molecule has 5 nitrogen and oxygen atoms in total. The molecular weight excluding hydrogens is 246 g/mol. The Labute approximate surface area is 112 Å². The lowest BCUT2D eigenvalue weighted by Crippen LogP contribution is -2.38. The SMILES string of the molecule is COc1ccc(C(=O)O)cc1OC1CCCN(C)C1. The van der Waals surface area contributed by atoms with E-state index < -0.39 is 5.97 Å². The molecular formula is C14H19NO4. The van der Waals surface area contributed by atoms with Gasteiger partial charge in [0, 0.05) is 6.54 Å². The summed E-state index contributed by atoms with van der Waals surface area (Å²) >= 11 is 0. The summed E-state index contributed by atoms with van der Waals surface area (Å²) in [7, 11) is 3.61. The summed E-state index contributed by atoms with van der Waals surface area (Å²) in [5.74, 6) is 0.106. The van der Waals surface area contributed by atoms with Gasteiger partial charge in [-0.3, -0.25) is 0 Å². The zero-order chi connectivity index (χ0) is 13.8. The van der Waals surface area contributed by atoms with Crippen LogP contribution in [0.3, 0.4) is 0 Å². The van der Waals surface area contributed by atoms with Crippen molar-refractivity contribution in [2.24, 2.45) is 0 Å². The summed E-state index contributed by atoms with van der Waals surface area (Å²) in [5.41, 5.74) is 0.208. The van der Waals surface area contributed by atoms with Crippen LogP contribution in [0, 0.1) is 0 Å². The number of carbonyl (C=O) groups is 1. The Morgan fingerprint density at radius 1 is 1.42 bits per heavy atom. The maximum absolute atomic E-state index is 11.0. The van der Waals surface area contributed by atoms with Crippen LogP contribution in [-0.2, 0) is 0 Å². The molecule has 0 amide bonds. The van der Waals surface area contributed by atoms with Gasteiger partial charge in [0.05, 0.1) is 12.7 Å². The van der Waals surface area contributed by atoms with Crippen molar-refractivity contribution in [1.29, 1.82) is 0 Å². The van der Waals surface area contributed by atoms with Crippen LogP contribution in [-0.4, -0.2) is 49.3 Å². The van der Waals surface area contributed by atoms with Crippen LogP contribution in [0.5, 0.6) is 11.5 Å². The van der Waals surface area contributed by atoms with Crippen LogP contribution in [0.15, 0.2) is 18.2 Å². The fourth-order valence-electron chi connectivity index (χ4n) is 2.30. The molecule has 0 bridgehead atoms. The summed E-state index contributed by atoms with van der Waals surface area (Å²) < 4.78 is 11.1. The lowest BCUT2D eigenvalue weighted by molar-refractivity contribution is 0.0694. The number of carboxylic acid groups (broad SMARTS) is 1. The van der Waals surface area contributed by atoms with Crippen molar-refractivity contribution in [1.82, 2.24) is 4.90 Å². The minimum atomic E-state index is -0.965. The standard InChI is InChI=1S/C14H19NO4/c1-15-7-3-4-11(9-15)19-13-8-10(14(16)17)5-6-12(13)18-2/h5-6,8,11H,3-4,7,9H2,1-2H3,(H,16,17). The third kappa shape index (κ3) is 3.38. The smallest absolute Gasteiger partial charge is 0.335 e. The van der Waals surface area contributed by atoms with E-state index in [4.69, 9.17) is 14.6 Å². The second-order valence-corrected chi connectivity index (χ2v) is 4.82. The van der Waals surface area contributed by atoms with Crippen LogP contribution in [0.1, 0.15) is 23.2 Å². The van der Waals surface area contributed by atoms with Crippen LogP contribution < -0.4 is 9.47 Å². The molecule has 1 heterocycles. The predicted molar refractivity (Wildman–Crippen MR) is 71.1 cm³/mol. The van der Waals surface area contributed by atoms with E-state index in [1.165, 1.54) is 12.1 Å². The predicted octanol–water partition coefficient (Wildman–Crippen LogP) is 1.87. The molecule has 0 radical (unpaired) electrons. The number of aromatic carboxylic acids is 1. The van der Waals surface area contributed by atoms with Crippen LogP contribution in [0.2, 0.25) is 0 Å². The fraction of sp³-hybridized carbons (Fsp3) is 0.500. The van der Waals surface area contributed by atoms with E-state index >= 15 is 0 Å². The monoisotopic (exact) mass is 265 g/mol.